The molecule has 5 heteroatoms. The van der Waals surface area contributed by atoms with Crippen LogP contribution in [0, 0.1) is 6.92 Å². The van der Waals surface area contributed by atoms with Gasteiger partial charge in [0.2, 0.25) is 0 Å². The number of ether oxygens (including phenoxy) is 1. The molecule has 4 nitrogen and oxygen atoms in total. The van der Waals surface area contributed by atoms with Crippen LogP contribution >= 0.6 is 11.8 Å². The first-order valence-electron chi connectivity index (χ1n) is 5.62. The van der Waals surface area contributed by atoms with Crippen LogP contribution in [0.15, 0.2) is 17.3 Å². The minimum absolute atomic E-state index is 0.240. The molecule has 1 unspecified atom stereocenters. The normalized spacial score (nSPS) is 19.5. The van der Waals surface area contributed by atoms with Crippen molar-refractivity contribution in [3.63, 3.8) is 0 Å². The average molecular weight is 253 g/mol. The number of aryl methyl sites for hydroxylation is 1. The summed E-state index contributed by atoms with van der Waals surface area (Å²) in [6.07, 6.45) is 4.04. The number of hydrogen-bond donors (Lipinski definition) is 1. The van der Waals surface area contributed by atoms with Crippen LogP contribution in [0.3, 0.4) is 0 Å². The lowest BCUT2D eigenvalue weighted by atomic mass is 10.2. The van der Waals surface area contributed by atoms with Gasteiger partial charge in [-0.15, -0.1) is 11.8 Å². The van der Waals surface area contributed by atoms with Gasteiger partial charge in [-0.1, -0.05) is 0 Å². The molecule has 2 rings (SSSR count). The zero-order valence-electron chi connectivity index (χ0n) is 9.68. The molecule has 0 aromatic carbocycles. The molecule has 0 bridgehead atoms. The second-order valence-corrected chi connectivity index (χ2v) is 5.07. The highest BCUT2D eigenvalue weighted by molar-refractivity contribution is 7.99. The van der Waals surface area contributed by atoms with Crippen molar-refractivity contribution in [2.24, 2.45) is 0 Å². The Morgan fingerprint density at radius 1 is 1.71 bits per heavy atom. The number of nitrogens with zero attached hydrogens (tertiary/aromatic N) is 1. The number of carboxylic acids is 1. The molecular weight excluding hydrogens is 238 g/mol. The first kappa shape index (κ1) is 12.4. The van der Waals surface area contributed by atoms with E-state index < -0.39 is 5.97 Å². The van der Waals surface area contributed by atoms with E-state index in [0.717, 1.165) is 30.8 Å². The average Bonchev–Trinajstić information content (AvgIpc) is 2.78. The van der Waals surface area contributed by atoms with E-state index in [1.807, 2.05) is 0 Å². The molecule has 0 amide bonds. The molecule has 1 N–H and O–H groups in total. The van der Waals surface area contributed by atoms with E-state index in [0.29, 0.717) is 10.6 Å². The van der Waals surface area contributed by atoms with Crippen molar-refractivity contribution in [2.75, 3.05) is 12.4 Å². The molecule has 1 saturated heterocycles. The molecule has 0 spiro atoms. The number of aromatic nitrogens is 1. The Labute approximate surface area is 104 Å². The van der Waals surface area contributed by atoms with Crippen LogP contribution in [0.5, 0.6) is 0 Å². The molecular formula is C12H15NO3S. The number of carbonyl (C=O) groups is 1. The largest absolute Gasteiger partial charge is 0.478 e. The Morgan fingerprint density at radius 3 is 3.18 bits per heavy atom. The fourth-order valence-corrected chi connectivity index (χ4v) is 2.99. The molecule has 1 aliphatic rings. The van der Waals surface area contributed by atoms with E-state index in [-0.39, 0.29) is 6.10 Å². The molecule has 1 aliphatic heterocycles. The highest BCUT2D eigenvalue weighted by Crippen LogP contribution is 2.26. The maximum Gasteiger partial charge on any atom is 0.338 e. The summed E-state index contributed by atoms with van der Waals surface area (Å²) in [5, 5.41) is 9.74. The SMILES string of the molecule is Cc1ccnc(SCC2CCCO2)c1C(=O)O. The second kappa shape index (κ2) is 5.51. The first-order valence-corrected chi connectivity index (χ1v) is 6.60. The van der Waals surface area contributed by atoms with E-state index in [9.17, 15) is 4.79 Å². The summed E-state index contributed by atoms with van der Waals surface area (Å²) in [4.78, 5) is 15.3. The van der Waals surface area contributed by atoms with Crippen molar-refractivity contribution in [1.29, 1.82) is 0 Å². The van der Waals surface area contributed by atoms with Crippen molar-refractivity contribution in [1.82, 2.24) is 4.98 Å². The smallest absolute Gasteiger partial charge is 0.338 e. The van der Waals surface area contributed by atoms with Crippen LogP contribution in [0.2, 0.25) is 0 Å². The van der Waals surface area contributed by atoms with Gasteiger partial charge < -0.3 is 9.84 Å². The van der Waals surface area contributed by atoms with E-state index in [1.165, 1.54) is 11.8 Å². The Balaban J connectivity index is 2.09. The van der Waals surface area contributed by atoms with Gasteiger partial charge >= 0.3 is 5.97 Å². The molecule has 1 aromatic heterocycles. The van der Waals surface area contributed by atoms with Crippen LogP contribution in [0.1, 0.15) is 28.8 Å². The number of rotatable bonds is 4. The van der Waals surface area contributed by atoms with Crippen molar-refractivity contribution >= 4 is 17.7 Å². The highest BCUT2D eigenvalue weighted by Gasteiger charge is 2.19. The second-order valence-electron chi connectivity index (χ2n) is 4.06. The summed E-state index contributed by atoms with van der Waals surface area (Å²) in [6, 6.07) is 1.72. The predicted molar refractivity (Wildman–Crippen MR) is 65.6 cm³/mol. The predicted octanol–water partition coefficient (Wildman–Crippen LogP) is 2.36. The first-order chi connectivity index (χ1) is 8.18. The van der Waals surface area contributed by atoms with Crippen molar-refractivity contribution < 1.29 is 14.6 Å². The van der Waals surface area contributed by atoms with E-state index >= 15 is 0 Å². The number of pyridine rings is 1. The maximum absolute atomic E-state index is 11.2. The summed E-state index contributed by atoms with van der Waals surface area (Å²) in [5.41, 5.74) is 1.07. The lowest BCUT2D eigenvalue weighted by Crippen LogP contribution is -2.10. The van der Waals surface area contributed by atoms with Crippen molar-refractivity contribution in [3.05, 3.63) is 23.4 Å². The van der Waals surface area contributed by atoms with Crippen LogP contribution in [0.4, 0.5) is 0 Å². The zero-order chi connectivity index (χ0) is 12.3. The van der Waals surface area contributed by atoms with Gasteiger partial charge in [0.05, 0.1) is 11.7 Å². The summed E-state index contributed by atoms with van der Waals surface area (Å²) in [6.45, 7) is 2.61. The Kier molecular flexibility index (Phi) is 4.02. The number of aromatic carboxylic acids is 1. The van der Waals surface area contributed by atoms with Gasteiger partial charge in [0, 0.05) is 18.6 Å². The molecule has 1 atom stereocenters. The Morgan fingerprint density at radius 2 is 2.53 bits per heavy atom. The van der Waals surface area contributed by atoms with Gasteiger partial charge in [0.25, 0.3) is 0 Å². The minimum Gasteiger partial charge on any atom is -0.478 e. The standard InChI is InChI=1S/C12H15NO3S/c1-8-4-5-13-11(10(8)12(14)15)17-7-9-3-2-6-16-9/h4-5,9H,2-3,6-7H2,1H3,(H,14,15). The molecule has 0 aliphatic carbocycles. The zero-order valence-corrected chi connectivity index (χ0v) is 10.5. The fourth-order valence-electron chi connectivity index (χ4n) is 1.85. The van der Waals surface area contributed by atoms with Gasteiger partial charge in [-0.25, -0.2) is 9.78 Å². The number of carboxylic acid groups (broad SMARTS) is 1. The lowest BCUT2D eigenvalue weighted by Gasteiger charge is -2.10. The number of hydrogen-bond acceptors (Lipinski definition) is 4. The molecule has 92 valence electrons. The van der Waals surface area contributed by atoms with Gasteiger partial charge in [-0.3, -0.25) is 0 Å². The van der Waals surface area contributed by atoms with Crippen LogP contribution in [-0.2, 0) is 4.74 Å². The lowest BCUT2D eigenvalue weighted by molar-refractivity contribution is 0.0691. The summed E-state index contributed by atoms with van der Waals surface area (Å²) in [5.74, 6) is -0.137. The Bertz CT molecular complexity index is 416. The highest BCUT2D eigenvalue weighted by atomic mass is 32.2. The number of thioether (sulfide) groups is 1. The third kappa shape index (κ3) is 2.98. The van der Waals surface area contributed by atoms with Gasteiger partial charge in [-0.05, 0) is 31.4 Å². The summed E-state index contributed by atoms with van der Waals surface area (Å²) in [7, 11) is 0. The third-order valence-corrected chi connectivity index (χ3v) is 3.89. The van der Waals surface area contributed by atoms with E-state index in [4.69, 9.17) is 9.84 Å². The maximum atomic E-state index is 11.2. The molecule has 1 fully saturated rings. The summed E-state index contributed by atoms with van der Waals surface area (Å²) >= 11 is 1.47. The van der Waals surface area contributed by atoms with Crippen LogP contribution < -0.4 is 0 Å². The van der Waals surface area contributed by atoms with Crippen molar-refractivity contribution in [2.45, 2.75) is 30.9 Å². The van der Waals surface area contributed by atoms with Gasteiger partial charge in [-0.2, -0.15) is 0 Å². The monoisotopic (exact) mass is 253 g/mol. The Hall–Kier alpha value is -1.07. The van der Waals surface area contributed by atoms with E-state index in [2.05, 4.69) is 4.98 Å². The topological polar surface area (TPSA) is 59.4 Å². The molecule has 0 radical (unpaired) electrons. The molecule has 1 aromatic rings. The van der Waals surface area contributed by atoms with Gasteiger partial charge in [0.1, 0.15) is 5.03 Å². The van der Waals surface area contributed by atoms with Crippen LogP contribution in [0.25, 0.3) is 0 Å². The minimum atomic E-state index is -0.912. The fraction of sp³-hybridized carbons (Fsp3) is 0.500. The molecule has 0 saturated carbocycles. The van der Waals surface area contributed by atoms with Crippen molar-refractivity contribution in [3.8, 4) is 0 Å². The van der Waals surface area contributed by atoms with Crippen LogP contribution in [-0.4, -0.2) is 34.5 Å². The molecule has 2 heterocycles. The quantitative estimate of drug-likeness (QED) is 0.835. The molecule has 17 heavy (non-hydrogen) atoms. The van der Waals surface area contributed by atoms with Gasteiger partial charge in [0.15, 0.2) is 0 Å². The summed E-state index contributed by atoms with van der Waals surface area (Å²) < 4.78 is 5.51. The third-order valence-electron chi connectivity index (χ3n) is 2.77. The van der Waals surface area contributed by atoms with E-state index in [1.54, 1.807) is 19.2 Å².